The molecule has 0 aliphatic carbocycles. The van der Waals surface area contributed by atoms with E-state index in [1.54, 1.807) is 11.6 Å². The Morgan fingerprint density at radius 2 is 2.06 bits per heavy atom. The van der Waals surface area contributed by atoms with Crippen molar-refractivity contribution in [1.82, 2.24) is 19.1 Å². The Balaban J connectivity index is 2.49. The summed E-state index contributed by atoms with van der Waals surface area (Å²) in [5.74, 6) is 0.467. The molecule has 94 valence electrons. The van der Waals surface area contributed by atoms with Crippen LogP contribution in [0.3, 0.4) is 0 Å². The van der Waals surface area contributed by atoms with Crippen LogP contribution in [0.25, 0.3) is 11.2 Å². The van der Waals surface area contributed by atoms with Crippen molar-refractivity contribution < 1.29 is 0 Å². The molecule has 8 nitrogen and oxygen atoms in total. The van der Waals surface area contributed by atoms with Gasteiger partial charge in [0, 0.05) is 7.05 Å². The van der Waals surface area contributed by atoms with E-state index < -0.39 is 11.2 Å². The van der Waals surface area contributed by atoms with Crippen molar-refractivity contribution in [3.05, 3.63) is 20.8 Å². The molecule has 3 rings (SSSR count). The van der Waals surface area contributed by atoms with Gasteiger partial charge < -0.3 is 0 Å². The normalized spacial score (nSPS) is 18.4. The number of fused-ring (bicyclic) bond motifs is 3. The fourth-order valence-electron chi connectivity index (χ4n) is 2.08. The number of rotatable bonds is 0. The van der Waals surface area contributed by atoms with E-state index in [0.717, 1.165) is 5.71 Å². The molecule has 1 aliphatic heterocycles. The van der Waals surface area contributed by atoms with Gasteiger partial charge in [-0.15, -0.1) is 0 Å². The van der Waals surface area contributed by atoms with Crippen LogP contribution in [-0.4, -0.2) is 24.8 Å². The van der Waals surface area contributed by atoms with Gasteiger partial charge in [0.05, 0.1) is 11.8 Å². The van der Waals surface area contributed by atoms with Gasteiger partial charge in [-0.3, -0.25) is 18.9 Å². The summed E-state index contributed by atoms with van der Waals surface area (Å²) in [5, 5.41) is 4.11. The molecule has 0 spiro atoms. The Bertz CT molecular complexity index is 793. The Labute approximate surface area is 101 Å². The van der Waals surface area contributed by atoms with E-state index in [-0.39, 0.29) is 6.04 Å². The molecular formula is C10H12N6O2. The van der Waals surface area contributed by atoms with Crippen LogP contribution in [0, 0.1) is 0 Å². The molecule has 0 saturated carbocycles. The highest BCUT2D eigenvalue weighted by Gasteiger charge is 2.24. The standard InChI is InChI=1S/C10H12N6O2/c1-4-5(2)16-6-7(11-9(16)14-13-4)15(3)10(18)12-8(6)17/h5H,1-3H3,(H,11,14)(H,12,17,18). The molecule has 18 heavy (non-hydrogen) atoms. The minimum absolute atomic E-state index is 0.0788. The quantitative estimate of drug-likeness (QED) is 0.673. The smallest absolute Gasteiger partial charge is 0.294 e. The van der Waals surface area contributed by atoms with Crippen molar-refractivity contribution in [2.45, 2.75) is 19.9 Å². The predicted molar refractivity (Wildman–Crippen MR) is 67.0 cm³/mol. The zero-order chi connectivity index (χ0) is 13.0. The summed E-state index contributed by atoms with van der Waals surface area (Å²) in [4.78, 5) is 30.0. The topological polar surface area (TPSA) is 97.1 Å². The summed E-state index contributed by atoms with van der Waals surface area (Å²) in [6.45, 7) is 3.79. The van der Waals surface area contributed by atoms with Crippen LogP contribution in [0.1, 0.15) is 19.9 Å². The van der Waals surface area contributed by atoms with Gasteiger partial charge in [0.15, 0.2) is 11.2 Å². The lowest BCUT2D eigenvalue weighted by Gasteiger charge is -2.20. The maximum atomic E-state index is 11.9. The van der Waals surface area contributed by atoms with E-state index in [1.807, 2.05) is 13.8 Å². The fourth-order valence-corrected chi connectivity index (χ4v) is 2.08. The SMILES string of the molecule is CC1=NNc2nc3c(c(=O)[nH]c(=O)n3C)n2C1C. The van der Waals surface area contributed by atoms with Crippen molar-refractivity contribution in [1.29, 1.82) is 0 Å². The lowest BCUT2D eigenvalue weighted by molar-refractivity contribution is 0.695. The minimum atomic E-state index is -0.478. The third-order valence-electron chi connectivity index (χ3n) is 3.27. The highest BCUT2D eigenvalue weighted by Crippen LogP contribution is 2.25. The molecule has 0 aromatic carbocycles. The van der Waals surface area contributed by atoms with E-state index in [1.165, 1.54) is 4.57 Å². The van der Waals surface area contributed by atoms with Crippen LogP contribution >= 0.6 is 0 Å². The molecule has 3 heterocycles. The maximum absolute atomic E-state index is 11.9. The van der Waals surface area contributed by atoms with Gasteiger partial charge in [0.25, 0.3) is 5.56 Å². The number of aromatic amines is 1. The number of hydrazone groups is 1. The number of imidazole rings is 1. The average Bonchev–Trinajstić information content (AvgIpc) is 2.72. The summed E-state index contributed by atoms with van der Waals surface area (Å²) >= 11 is 0. The number of H-pyrrole nitrogens is 1. The van der Waals surface area contributed by atoms with Crippen LogP contribution in [-0.2, 0) is 7.05 Å². The van der Waals surface area contributed by atoms with Crippen LogP contribution in [0.2, 0.25) is 0 Å². The first-order chi connectivity index (χ1) is 8.50. The van der Waals surface area contributed by atoms with Crippen LogP contribution in [0.4, 0.5) is 5.95 Å². The third-order valence-corrected chi connectivity index (χ3v) is 3.27. The molecule has 0 amide bonds. The second-order valence-corrected chi connectivity index (χ2v) is 4.34. The van der Waals surface area contributed by atoms with Gasteiger partial charge in [-0.25, -0.2) is 10.2 Å². The highest BCUT2D eigenvalue weighted by atomic mass is 16.2. The fraction of sp³-hybridized carbons (Fsp3) is 0.400. The molecule has 0 saturated heterocycles. The lowest BCUT2D eigenvalue weighted by atomic mass is 10.2. The Morgan fingerprint density at radius 3 is 2.78 bits per heavy atom. The molecule has 0 fully saturated rings. The Kier molecular flexibility index (Phi) is 1.98. The van der Waals surface area contributed by atoms with Gasteiger partial charge in [0.1, 0.15) is 0 Å². The van der Waals surface area contributed by atoms with E-state index in [0.29, 0.717) is 17.1 Å². The van der Waals surface area contributed by atoms with Crippen molar-refractivity contribution in [3.63, 3.8) is 0 Å². The first-order valence-electron chi connectivity index (χ1n) is 5.52. The van der Waals surface area contributed by atoms with Crippen LogP contribution < -0.4 is 16.7 Å². The van der Waals surface area contributed by atoms with Gasteiger partial charge in [-0.05, 0) is 13.8 Å². The monoisotopic (exact) mass is 248 g/mol. The average molecular weight is 248 g/mol. The number of aromatic nitrogens is 4. The van der Waals surface area contributed by atoms with E-state index >= 15 is 0 Å². The van der Waals surface area contributed by atoms with Gasteiger partial charge in [0.2, 0.25) is 5.95 Å². The first kappa shape index (κ1) is 10.8. The number of nitrogens with zero attached hydrogens (tertiary/aromatic N) is 4. The third kappa shape index (κ3) is 1.19. The van der Waals surface area contributed by atoms with E-state index in [9.17, 15) is 9.59 Å². The van der Waals surface area contributed by atoms with Gasteiger partial charge in [-0.2, -0.15) is 10.1 Å². The van der Waals surface area contributed by atoms with Crippen molar-refractivity contribution >= 4 is 22.8 Å². The predicted octanol–water partition coefficient (Wildman–Crippen LogP) is -0.214. The molecule has 1 atom stereocenters. The van der Waals surface area contributed by atoms with Gasteiger partial charge in [-0.1, -0.05) is 0 Å². The molecule has 2 aromatic rings. The number of nitrogens with one attached hydrogen (secondary N) is 2. The summed E-state index contributed by atoms with van der Waals surface area (Å²) in [7, 11) is 1.57. The molecule has 1 aliphatic rings. The zero-order valence-corrected chi connectivity index (χ0v) is 10.2. The second kappa shape index (κ2) is 3.31. The lowest BCUT2D eigenvalue weighted by Crippen LogP contribution is -2.30. The highest BCUT2D eigenvalue weighted by molar-refractivity contribution is 5.90. The first-order valence-corrected chi connectivity index (χ1v) is 5.52. The maximum Gasteiger partial charge on any atom is 0.329 e. The van der Waals surface area contributed by atoms with Crippen molar-refractivity contribution in [2.75, 3.05) is 5.43 Å². The minimum Gasteiger partial charge on any atom is -0.294 e. The van der Waals surface area contributed by atoms with Crippen molar-refractivity contribution in [3.8, 4) is 0 Å². The number of anilines is 1. The summed E-state index contributed by atoms with van der Waals surface area (Å²) < 4.78 is 3.06. The van der Waals surface area contributed by atoms with E-state index in [4.69, 9.17) is 0 Å². The number of hydrogen-bond acceptors (Lipinski definition) is 5. The number of hydrogen-bond donors (Lipinski definition) is 2. The van der Waals surface area contributed by atoms with Crippen LogP contribution in [0.5, 0.6) is 0 Å². The summed E-state index contributed by atoms with van der Waals surface area (Å²) in [5.41, 5.74) is 3.43. The summed E-state index contributed by atoms with van der Waals surface area (Å²) in [6, 6.07) is -0.0788. The molecule has 0 radical (unpaired) electrons. The Hall–Kier alpha value is -2.38. The molecule has 8 heteroatoms. The second-order valence-electron chi connectivity index (χ2n) is 4.34. The largest absolute Gasteiger partial charge is 0.329 e. The molecule has 0 bridgehead atoms. The zero-order valence-electron chi connectivity index (χ0n) is 10.2. The van der Waals surface area contributed by atoms with Crippen molar-refractivity contribution in [2.24, 2.45) is 12.1 Å². The van der Waals surface area contributed by atoms with E-state index in [2.05, 4.69) is 20.5 Å². The van der Waals surface area contributed by atoms with Crippen LogP contribution in [0.15, 0.2) is 14.7 Å². The molecule has 1 unspecified atom stereocenters. The molecule has 2 aromatic heterocycles. The number of aryl methyl sites for hydroxylation is 1. The van der Waals surface area contributed by atoms with Gasteiger partial charge >= 0.3 is 5.69 Å². The molecular weight excluding hydrogens is 236 g/mol. The summed E-state index contributed by atoms with van der Waals surface area (Å²) in [6.07, 6.45) is 0. The molecule has 2 N–H and O–H groups in total. The Morgan fingerprint density at radius 1 is 1.33 bits per heavy atom.